The average molecular weight is 418 g/mol. The lowest BCUT2D eigenvalue weighted by atomic mass is 10.0. The fourth-order valence-electron chi connectivity index (χ4n) is 3.39. The van der Waals surface area contributed by atoms with E-state index < -0.39 is 17.6 Å². The zero-order valence-electron chi connectivity index (χ0n) is 16.9. The van der Waals surface area contributed by atoms with Crippen molar-refractivity contribution in [3.8, 4) is 11.5 Å². The van der Waals surface area contributed by atoms with Crippen LogP contribution in [0.2, 0.25) is 0 Å². The quantitative estimate of drug-likeness (QED) is 0.607. The molecule has 0 atom stereocenters. The highest BCUT2D eigenvalue weighted by Crippen LogP contribution is 2.39. The number of ether oxygens (including phenoxy) is 2. The summed E-state index contributed by atoms with van der Waals surface area (Å²) in [5.41, 5.74) is 1.54. The molecule has 0 aromatic heterocycles. The van der Waals surface area contributed by atoms with Crippen LogP contribution < -0.4 is 19.7 Å². The van der Waals surface area contributed by atoms with Crippen molar-refractivity contribution < 1.29 is 23.5 Å². The van der Waals surface area contributed by atoms with E-state index in [-0.39, 0.29) is 17.0 Å². The molecule has 0 saturated heterocycles. The summed E-state index contributed by atoms with van der Waals surface area (Å²) >= 11 is 0. The van der Waals surface area contributed by atoms with Gasteiger partial charge in [0.15, 0.2) is 0 Å². The van der Waals surface area contributed by atoms with E-state index in [2.05, 4.69) is 5.32 Å². The standard InChI is InChI=1S/C24H19FN2O4/c1-30-18-12-13-20(31-2)19(14-18)27-23(28)21(15-8-10-16(25)11-9-15)22(24(27)29)26-17-6-4-3-5-7-17/h3-14,26H,1-2H3. The number of imide groups is 1. The summed E-state index contributed by atoms with van der Waals surface area (Å²) < 4.78 is 24.1. The number of nitrogens with one attached hydrogen (secondary N) is 1. The molecule has 7 heteroatoms. The summed E-state index contributed by atoms with van der Waals surface area (Å²) in [5, 5.41) is 3.05. The third-order valence-corrected chi connectivity index (χ3v) is 4.89. The highest BCUT2D eigenvalue weighted by molar-refractivity contribution is 6.46. The first kappa shape index (κ1) is 20.2. The summed E-state index contributed by atoms with van der Waals surface area (Å²) in [6, 6.07) is 19.3. The van der Waals surface area contributed by atoms with Crippen LogP contribution in [0.5, 0.6) is 11.5 Å². The number of anilines is 2. The monoisotopic (exact) mass is 418 g/mol. The zero-order valence-corrected chi connectivity index (χ0v) is 16.9. The van der Waals surface area contributed by atoms with E-state index in [0.29, 0.717) is 22.7 Å². The number of halogens is 1. The number of para-hydroxylation sites is 1. The third-order valence-electron chi connectivity index (χ3n) is 4.89. The third kappa shape index (κ3) is 3.73. The topological polar surface area (TPSA) is 67.9 Å². The first-order valence-corrected chi connectivity index (χ1v) is 9.46. The highest BCUT2D eigenvalue weighted by Gasteiger charge is 2.41. The molecule has 1 aliphatic heterocycles. The largest absolute Gasteiger partial charge is 0.497 e. The van der Waals surface area contributed by atoms with Gasteiger partial charge in [-0.05, 0) is 42.0 Å². The van der Waals surface area contributed by atoms with Crippen molar-refractivity contribution in [3.63, 3.8) is 0 Å². The van der Waals surface area contributed by atoms with Gasteiger partial charge in [0.1, 0.15) is 23.0 Å². The van der Waals surface area contributed by atoms with Gasteiger partial charge in [0.05, 0.1) is 25.5 Å². The Morgan fingerprint density at radius 2 is 1.55 bits per heavy atom. The van der Waals surface area contributed by atoms with E-state index in [0.717, 1.165) is 4.90 Å². The summed E-state index contributed by atoms with van der Waals surface area (Å²) in [6.45, 7) is 0. The average Bonchev–Trinajstić information content (AvgIpc) is 3.04. The van der Waals surface area contributed by atoms with Crippen molar-refractivity contribution in [1.82, 2.24) is 0 Å². The van der Waals surface area contributed by atoms with E-state index in [1.807, 2.05) is 18.2 Å². The Morgan fingerprint density at radius 1 is 0.839 bits per heavy atom. The van der Waals surface area contributed by atoms with Gasteiger partial charge in [-0.3, -0.25) is 9.59 Å². The van der Waals surface area contributed by atoms with Crippen LogP contribution in [-0.4, -0.2) is 26.0 Å². The molecule has 0 aliphatic carbocycles. The van der Waals surface area contributed by atoms with Gasteiger partial charge in [0.2, 0.25) is 0 Å². The Kier molecular flexibility index (Phi) is 5.41. The van der Waals surface area contributed by atoms with Crippen molar-refractivity contribution in [2.24, 2.45) is 0 Å². The molecular formula is C24H19FN2O4. The molecule has 3 aromatic rings. The molecule has 0 radical (unpaired) electrons. The van der Waals surface area contributed by atoms with Crippen LogP contribution in [0, 0.1) is 5.82 Å². The number of carbonyl (C=O) groups is 2. The van der Waals surface area contributed by atoms with Crippen molar-refractivity contribution >= 4 is 28.8 Å². The van der Waals surface area contributed by atoms with E-state index >= 15 is 0 Å². The van der Waals surface area contributed by atoms with Crippen LogP contribution in [0.25, 0.3) is 5.57 Å². The molecule has 3 aromatic carbocycles. The molecule has 1 aliphatic rings. The second-order valence-electron chi connectivity index (χ2n) is 6.73. The minimum atomic E-state index is -0.556. The number of amides is 2. The van der Waals surface area contributed by atoms with Crippen LogP contribution in [0.15, 0.2) is 78.5 Å². The Bertz CT molecular complexity index is 1170. The van der Waals surface area contributed by atoms with Crippen LogP contribution in [-0.2, 0) is 9.59 Å². The van der Waals surface area contributed by atoms with Gasteiger partial charge in [-0.1, -0.05) is 30.3 Å². The van der Waals surface area contributed by atoms with Crippen molar-refractivity contribution in [2.45, 2.75) is 0 Å². The Labute approximate surface area is 178 Å². The Hall–Kier alpha value is -4.13. The van der Waals surface area contributed by atoms with Gasteiger partial charge in [-0.2, -0.15) is 0 Å². The SMILES string of the molecule is COc1ccc(OC)c(N2C(=O)C(Nc3ccccc3)=C(c3ccc(F)cc3)C2=O)c1. The number of benzene rings is 3. The summed E-state index contributed by atoms with van der Waals surface area (Å²) in [6.07, 6.45) is 0. The van der Waals surface area contributed by atoms with Crippen LogP contribution >= 0.6 is 0 Å². The van der Waals surface area contributed by atoms with Crippen LogP contribution in [0.3, 0.4) is 0 Å². The molecule has 6 nitrogen and oxygen atoms in total. The number of methoxy groups -OCH3 is 2. The predicted octanol–water partition coefficient (Wildman–Crippen LogP) is 4.24. The normalized spacial score (nSPS) is 13.6. The fourth-order valence-corrected chi connectivity index (χ4v) is 3.39. The molecule has 4 rings (SSSR count). The Balaban J connectivity index is 1.85. The summed E-state index contributed by atoms with van der Waals surface area (Å²) in [4.78, 5) is 28.0. The molecule has 0 spiro atoms. The Morgan fingerprint density at radius 3 is 2.19 bits per heavy atom. The fraction of sp³-hybridized carbons (Fsp3) is 0.0833. The van der Waals surface area contributed by atoms with Crippen LogP contribution in [0.4, 0.5) is 15.8 Å². The number of hydrogen-bond acceptors (Lipinski definition) is 5. The molecule has 0 fully saturated rings. The molecule has 31 heavy (non-hydrogen) atoms. The van der Waals surface area contributed by atoms with Gasteiger partial charge < -0.3 is 14.8 Å². The number of nitrogens with zero attached hydrogens (tertiary/aromatic N) is 1. The number of rotatable bonds is 6. The second kappa shape index (κ2) is 8.31. The molecule has 156 valence electrons. The molecule has 0 unspecified atom stereocenters. The van der Waals surface area contributed by atoms with Gasteiger partial charge in [-0.25, -0.2) is 9.29 Å². The van der Waals surface area contributed by atoms with Crippen LogP contribution in [0.1, 0.15) is 5.56 Å². The van der Waals surface area contributed by atoms with Crippen molar-refractivity contribution in [1.29, 1.82) is 0 Å². The maximum atomic E-state index is 13.5. The lowest BCUT2D eigenvalue weighted by Gasteiger charge is -2.19. The lowest BCUT2D eigenvalue weighted by molar-refractivity contribution is -0.120. The number of carbonyl (C=O) groups excluding carboxylic acids is 2. The smallest absolute Gasteiger partial charge is 0.282 e. The van der Waals surface area contributed by atoms with E-state index in [1.54, 1.807) is 30.3 Å². The second-order valence-corrected chi connectivity index (χ2v) is 6.73. The maximum Gasteiger partial charge on any atom is 0.282 e. The van der Waals surface area contributed by atoms with Gasteiger partial charge >= 0.3 is 0 Å². The first-order valence-electron chi connectivity index (χ1n) is 9.46. The maximum absolute atomic E-state index is 13.5. The minimum absolute atomic E-state index is 0.0904. The minimum Gasteiger partial charge on any atom is -0.497 e. The molecule has 1 N–H and O–H groups in total. The summed E-state index contributed by atoms with van der Waals surface area (Å²) in [7, 11) is 2.94. The molecule has 0 saturated carbocycles. The lowest BCUT2D eigenvalue weighted by Crippen LogP contribution is -2.32. The molecule has 2 amide bonds. The molecule has 0 bridgehead atoms. The first-order chi connectivity index (χ1) is 15.0. The number of hydrogen-bond donors (Lipinski definition) is 1. The van der Waals surface area contributed by atoms with Crippen molar-refractivity contribution in [2.75, 3.05) is 24.4 Å². The highest BCUT2D eigenvalue weighted by atomic mass is 19.1. The summed E-state index contributed by atoms with van der Waals surface area (Å²) in [5.74, 6) is -0.752. The van der Waals surface area contributed by atoms with E-state index in [4.69, 9.17) is 9.47 Å². The van der Waals surface area contributed by atoms with Crippen molar-refractivity contribution in [3.05, 3.63) is 89.9 Å². The zero-order chi connectivity index (χ0) is 22.0. The molecule has 1 heterocycles. The molecular weight excluding hydrogens is 399 g/mol. The predicted molar refractivity (Wildman–Crippen MR) is 115 cm³/mol. The van der Waals surface area contributed by atoms with Gasteiger partial charge in [-0.15, -0.1) is 0 Å². The van der Waals surface area contributed by atoms with E-state index in [1.165, 1.54) is 38.5 Å². The van der Waals surface area contributed by atoms with Gasteiger partial charge in [0.25, 0.3) is 11.8 Å². The van der Waals surface area contributed by atoms with Gasteiger partial charge in [0, 0.05) is 11.8 Å². The van der Waals surface area contributed by atoms with E-state index in [9.17, 15) is 14.0 Å².